The molecule has 0 radical (unpaired) electrons. The highest BCUT2D eigenvalue weighted by Crippen LogP contribution is 2.46. The summed E-state index contributed by atoms with van der Waals surface area (Å²) in [5, 5.41) is 14.3. The third-order valence-corrected chi connectivity index (χ3v) is 7.12. The SMILES string of the molecule is CNC(=O)Nc1ccc2c(c1)CC[C@@]21OC(=O)N(CC(=O)N(Cc2ccc(F)cc2)c2ccc(C(=O)O)cc2)C1=O. The molecule has 0 bridgehead atoms. The van der Waals surface area contributed by atoms with E-state index in [9.17, 15) is 33.5 Å². The van der Waals surface area contributed by atoms with Crippen LogP contribution >= 0.6 is 0 Å². The lowest BCUT2D eigenvalue weighted by Gasteiger charge is -2.25. The molecule has 1 aliphatic carbocycles. The number of hydrogen-bond donors (Lipinski definition) is 3. The van der Waals surface area contributed by atoms with Crippen LogP contribution in [0.3, 0.4) is 0 Å². The predicted molar refractivity (Wildman–Crippen MR) is 144 cm³/mol. The van der Waals surface area contributed by atoms with Gasteiger partial charge in [-0.15, -0.1) is 0 Å². The van der Waals surface area contributed by atoms with Gasteiger partial charge in [-0.25, -0.2) is 23.7 Å². The van der Waals surface area contributed by atoms with Gasteiger partial charge in [0.15, 0.2) is 0 Å². The number of amides is 5. The zero-order valence-electron chi connectivity index (χ0n) is 21.8. The van der Waals surface area contributed by atoms with Gasteiger partial charge >= 0.3 is 18.1 Å². The van der Waals surface area contributed by atoms with Gasteiger partial charge in [-0.05, 0) is 66.1 Å². The molecule has 12 heteroatoms. The van der Waals surface area contributed by atoms with Crippen molar-refractivity contribution in [1.82, 2.24) is 10.2 Å². The molecule has 0 aromatic heterocycles. The molecule has 3 N–H and O–H groups in total. The number of carboxylic acid groups (broad SMARTS) is 1. The summed E-state index contributed by atoms with van der Waals surface area (Å²) < 4.78 is 19.1. The van der Waals surface area contributed by atoms with Crippen molar-refractivity contribution in [3.05, 3.63) is 94.8 Å². The molecule has 0 unspecified atom stereocenters. The minimum Gasteiger partial charge on any atom is -0.478 e. The van der Waals surface area contributed by atoms with Gasteiger partial charge in [0.1, 0.15) is 12.4 Å². The Labute approximate surface area is 233 Å². The molecule has 3 aromatic rings. The van der Waals surface area contributed by atoms with E-state index in [0.29, 0.717) is 28.9 Å². The minimum atomic E-state index is -1.58. The molecular formula is C29H25FN4O7. The number of aryl methyl sites for hydroxylation is 1. The number of carboxylic acids is 1. The fraction of sp³-hybridized carbons (Fsp3) is 0.207. The number of anilines is 2. The van der Waals surface area contributed by atoms with E-state index in [4.69, 9.17) is 4.74 Å². The van der Waals surface area contributed by atoms with E-state index in [1.165, 1.54) is 60.5 Å². The van der Waals surface area contributed by atoms with Crippen molar-refractivity contribution in [3.63, 3.8) is 0 Å². The number of urea groups is 1. The largest absolute Gasteiger partial charge is 0.478 e. The number of fused-ring (bicyclic) bond motifs is 2. The highest BCUT2D eigenvalue weighted by molar-refractivity contribution is 6.08. The molecule has 3 aromatic carbocycles. The van der Waals surface area contributed by atoms with Gasteiger partial charge in [0.2, 0.25) is 11.5 Å². The summed E-state index contributed by atoms with van der Waals surface area (Å²) in [5.74, 6) is -2.91. The van der Waals surface area contributed by atoms with Crippen LogP contribution < -0.4 is 15.5 Å². The first-order chi connectivity index (χ1) is 19.6. The maximum atomic E-state index is 13.6. The van der Waals surface area contributed by atoms with Gasteiger partial charge < -0.3 is 25.4 Å². The van der Waals surface area contributed by atoms with E-state index < -0.39 is 47.9 Å². The van der Waals surface area contributed by atoms with Crippen molar-refractivity contribution in [2.45, 2.75) is 25.0 Å². The van der Waals surface area contributed by atoms with E-state index >= 15 is 0 Å². The molecule has 5 amide bonds. The fourth-order valence-electron chi connectivity index (χ4n) is 5.02. The van der Waals surface area contributed by atoms with Crippen LogP contribution in [0.4, 0.5) is 25.4 Å². The second-order valence-electron chi connectivity index (χ2n) is 9.62. The quantitative estimate of drug-likeness (QED) is 0.400. The van der Waals surface area contributed by atoms with Crippen molar-refractivity contribution >= 4 is 41.3 Å². The molecule has 0 saturated carbocycles. The Hall–Kier alpha value is -5.26. The molecule has 1 saturated heterocycles. The number of hydrogen-bond acceptors (Lipinski definition) is 6. The predicted octanol–water partition coefficient (Wildman–Crippen LogP) is 3.63. The summed E-state index contributed by atoms with van der Waals surface area (Å²) in [6.45, 7) is -0.662. The van der Waals surface area contributed by atoms with Crippen molar-refractivity contribution in [1.29, 1.82) is 0 Å². The third-order valence-electron chi connectivity index (χ3n) is 7.12. The molecule has 1 fully saturated rings. The Balaban J connectivity index is 1.40. The first kappa shape index (κ1) is 27.3. The summed E-state index contributed by atoms with van der Waals surface area (Å²) in [6.07, 6.45) is -0.380. The number of carbonyl (C=O) groups excluding carboxylic acids is 4. The van der Waals surface area contributed by atoms with Crippen molar-refractivity contribution in [3.8, 4) is 0 Å². The lowest BCUT2D eigenvalue weighted by atomic mass is 9.94. The van der Waals surface area contributed by atoms with Gasteiger partial charge in [0, 0.05) is 30.4 Å². The summed E-state index contributed by atoms with van der Waals surface area (Å²) in [6, 6.07) is 15.5. The molecule has 2 aliphatic rings. The van der Waals surface area contributed by atoms with E-state index in [1.807, 2.05) is 0 Å². The van der Waals surface area contributed by atoms with Crippen LogP contribution in [0.1, 0.15) is 33.5 Å². The average molecular weight is 561 g/mol. The van der Waals surface area contributed by atoms with Crippen LogP contribution in [-0.4, -0.2) is 53.5 Å². The highest BCUT2D eigenvalue weighted by atomic mass is 19.1. The van der Waals surface area contributed by atoms with Crippen LogP contribution in [0.15, 0.2) is 66.7 Å². The Bertz CT molecular complexity index is 1560. The number of nitrogens with zero attached hydrogens (tertiary/aromatic N) is 2. The zero-order valence-corrected chi connectivity index (χ0v) is 21.8. The van der Waals surface area contributed by atoms with Crippen LogP contribution in [0.2, 0.25) is 0 Å². The first-order valence-corrected chi connectivity index (χ1v) is 12.7. The van der Waals surface area contributed by atoms with Gasteiger partial charge in [-0.2, -0.15) is 0 Å². The third kappa shape index (κ3) is 5.19. The van der Waals surface area contributed by atoms with E-state index in [1.54, 1.807) is 18.2 Å². The molecule has 210 valence electrons. The number of carbonyl (C=O) groups is 5. The zero-order chi connectivity index (χ0) is 29.3. The summed E-state index contributed by atoms with van der Waals surface area (Å²) in [7, 11) is 1.48. The molecular weight excluding hydrogens is 535 g/mol. The molecule has 11 nitrogen and oxygen atoms in total. The molecule has 1 heterocycles. The second-order valence-corrected chi connectivity index (χ2v) is 9.62. The number of halogens is 1. The number of rotatable bonds is 7. The van der Waals surface area contributed by atoms with Crippen LogP contribution in [0.25, 0.3) is 0 Å². The lowest BCUT2D eigenvalue weighted by Crippen LogP contribution is -2.44. The van der Waals surface area contributed by atoms with E-state index in [0.717, 1.165) is 10.5 Å². The smallest absolute Gasteiger partial charge is 0.418 e. The number of benzene rings is 3. The van der Waals surface area contributed by atoms with Crippen LogP contribution in [0, 0.1) is 5.82 Å². The minimum absolute atomic E-state index is 0.0109. The second kappa shape index (κ2) is 10.7. The van der Waals surface area contributed by atoms with Gasteiger partial charge in [-0.3, -0.25) is 9.59 Å². The molecule has 1 aliphatic heterocycles. The summed E-state index contributed by atoms with van der Waals surface area (Å²) in [5.41, 5.74) is 1.04. The molecule has 1 spiro atoms. The van der Waals surface area contributed by atoms with E-state index in [2.05, 4.69) is 10.6 Å². The normalized spacial score (nSPS) is 17.3. The average Bonchev–Trinajstić information content (AvgIpc) is 3.44. The molecule has 1 atom stereocenters. The number of imide groups is 1. The Morgan fingerprint density at radius 2 is 1.76 bits per heavy atom. The van der Waals surface area contributed by atoms with Gasteiger partial charge in [0.05, 0.1) is 12.1 Å². The van der Waals surface area contributed by atoms with Crippen molar-refractivity contribution in [2.24, 2.45) is 0 Å². The van der Waals surface area contributed by atoms with Crippen molar-refractivity contribution in [2.75, 3.05) is 23.8 Å². The lowest BCUT2D eigenvalue weighted by molar-refractivity contribution is -0.139. The Kier molecular flexibility index (Phi) is 7.14. The Morgan fingerprint density at radius 1 is 1.05 bits per heavy atom. The highest BCUT2D eigenvalue weighted by Gasteiger charge is 2.58. The van der Waals surface area contributed by atoms with Crippen LogP contribution in [-0.2, 0) is 32.9 Å². The molecule has 5 rings (SSSR count). The summed E-state index contributed by atoms with van der Waals surface area (Å²) in [4.78, 5) is 65.2. The summed E-state index contributed by atoms with van der Waals surface area (Å²) >= 11 is 0. The maximum Gasteiger partial charge on any atom is 0.418 e. The Morgan fingerprint density at radius 3 is 2.41 bits per heavy atom. The topological polar surface area (TPSA) is 145 Å². The number of ether oxygens (including phenoxy) is 1. The van der Waals surface area contributed by atoms with Gasteiger partial charge in [-0.1, -0.05) is 18.2 Å². The monoisotopic (exact) mass is 560 g/mol. The molecule has 41 heavy (non-hydrogen) atoms. The van der Waals surface area contributed by atoms with Gasteiger partial charge in [0.25, 0.3) is 5.91 Å². The maximum absolute atomic E-state index is 13.6. The number of nitrogens with one attached hydrogen (secondary N) is 2. The standard InChI is InChI=1S/C29H25FN4O7/c1-31-27(39)32-21-8-11-23-19(14-21)12-13-29(23)26(38)34(28(40)41-29)16-24(35)33(15-17-2-6-20(30)7-3-17)22-9-4-18(5-10-22)25(36)37/h2-11,14H,12-13,15-16H2,1H3,(H,36,37)(H2,31,32,39)/t29-/m1/s1. The van der Waals surface area contributed by atoms with Crippen molar-refractivity contribution < 1.29 is 38.2 Å². The van der Waals surface area contributed by atoms with Crippen LogP contribution in [0.5, 0.6) is 0 Å². The first-order valence-electron chi connectivity index (χ1n) is 12.7. The number of aromatic carboxylic acids is 1. The fourth-order valence-corrected chi connectivity index (χ4v) is 5.02. The van der Waals surface area contributed by atoms with E-state index in [-0.39, 0.29) is 18.5 Å².